The molecule has 1 aromatic heterocycles. The van der Waals surface area contributed by atoms with Gasteiger partial charge in [0.25, 0.3) is 0 Å². The number of halogens is 3. The molecule has 1 amide bonds. The molecule has 0 spiro atoms. The zero-order valence-electron chi connectivity index (χ0n) is 16.3. The molecule has 3 nitrogen and oxygen atoms in total. The second-order valence-corrected chi connectivity index (χ2v) is 7.01. The fourth-order valence-corrected chi connectivity index (χ4v) is 2.84. The van der Waals surface area contributed by atoms with Crippen molar-refractivity contribution in [1.29, 1.82) is 0 Å². The van der Waals surface area contributed by atoms with E-state index in [9.17, 15) is 18.0 Å². The lowest BCUT2D eigenvalue weighted by atomic mass is 10.2. The van der Waals surface area contributed by atoms with Crippen LogP contribution in [0, 0.1) is 13.8 Å². The van der Waals surface area contributed by atoms with Crippen LogP contribution >= 0.6 is 24.0 Å². The van der Waals surface area contributed by atoms with Gasteiger partial charge in [-0.1, -0.05) is 32.1 Å². The summed E-state index contributed by atoms with van der Waals surface area (Å²) in [5.74, 6) is -0.353. The molecule has 0 aliphatic carbocycles. The summed E-state index contributed by atoms with van der Waals surface area (Å²) in [5, 5.41) is 2.53. The van der Waals surface area contributed by atoms with Crippen LogP contribution in [0.1, 0.15) is 36.4 Å². The number of nitrogens with zero attached hydrogens (tertiary/aromatic N) is 1. The van der Waals surface area contributed by atoms with E-state index in [0.717, 1.165) is 29.1 Å². The topological polar surface area (TPSA) is 34.0 Å². The van der Waals surface area contributed by atoms with E-state index in [4.69, 9.17) is 12.2 Å². The molecule has 0 atom stereocenters. The van der Waals surface area contributed by atoms with Crippen LogP contribution in [0.15, 0.2) is 36.4 Å². The monoisotopic (exact) mass is 428 g/mol. The van der Waals surface area contributed by atoms with Crippen molar-refractivity contribution in [3.8, 4) is 5.69 Å². The Bertz CT molecular complexity index is 871. The Kier molecular flexibility index (Phi) is 8.97. The lowest BCUT2D eigenvalue weighted by Gasteiger charge is -2.13. The second-order valence-electron chi connectivity index (χ2n) is 5.52. The third-order valence-corrected chi connectivity index (χ3v) is 4.80. The fraction of sp³-hybridized carbons (Fsp3) is 0.300. The maximum atomic E-state index is 13.0. The molecule has 0 bridgehead atoms. The largest absolute Gasteiger partial charge is 0.416 e. The van der Waals surface area contributed by atoms with Gasteiger partial charge in [0.15, 0.2) is 0 Å². The van der Waals surface area contributed by atoms with Crippen LogP contribution in [-0.4, -0.2) is 21.1 Å². The van der Waals surface area contributed by atoms with Gasteiger partial charge in [-0.2, -0.15) is 13.2 Å². The Morgan fingerprint density at radius 3 is 2.43 bits per heavy atom. The summed E-state index contributed by atoms with van der Waals surface area (Å²) < 4.78 is 41.0. The molecule has 0 saturated heterocycles. The smallest absolute Gasteiger partial charge is 0.318 e. The number of hydrogen-bond donors (Lipinski definition) is 1. The average molecular weight is 429 g/mol. The molecule has 0 unspecified atom stereocenters. The summed E-state index contributed by atoms with van der Waals surface area (Å²) in [6, 6.07) is 6.95. The van der Waals surface area contributed by atoms with E-state index in [2.05, 4.69) is 5.32 Å². The number of rotatable bonds is 3. The summed E-state index contributed by atoms with van der Waals surface area (Å²) in [4.78, 5) is 11.8. The number of amides is 1. The highest BCUT2D eigenvalue weighted by molar-refractivity contribution is 8.22. The molecule has 8 heteroatoms. The minimum atomic E-state index is -4.40. The number of carbonyl (C=O) groups is 1. The van der Waals surface area contributed by atoms with Crippen LogP contribution in [-0.2, 0) is 11.0 Å². The first-order chi connectivity index (χ1) is 13.1. The summed E-state index contributed by atoms with van der Waals surface area (Å²) in [7, 11) is 0. The van der Waals surface area contributed by atoms with Crippen molar-refractivity contribution in [2.24, 2.45) is 0 Å². The van der Waals surface area contributed by atoms with Crippen LogP contribution in [0.2, 0.25) is 0 Å². The Hall–Kier alpha value is -2.06. The predicted octanol–water partition coefficient (Wildman–Crippen LogP) is 5.92. The molecule has 0 saturated carbocycles. The lowest BCUT2D eigenvalue weighted by Crippen LogP contribution is -2.24. The summed E-state index contributed by atoms with van der Waals surface area (Å²) in [6.45, 7) is 7.59. The van der Waals surface area contributed by atoms with Crippen LogP contribution < -0.4 is 5.32 Å². The average Bonchev–Trinajstić information content (AvgIpc) is 2.94. The van der Waals surface area contributed by atoms with Crippen LogP contribution in [0.5, 0.6) is 0 Å². The maximum absolute atomic E-state index is 13.0. The second kappa shape index (κ2) is 10.5. The highest BCUT2D eigenvalue weighted by Gasteiger charge is 2.30. The molecular weight excluding hydrogens is 405 g/mol. The van der Waals surface area contributed by atoms with E-state index < -0.39 is 11.7 Å². The molecule has 0 aliphatic rings. The number of thioether (sulfide) groups is 1. The van der Waals surface area contributed by atoms with Gasteiger partial charge in [0.05, 0.1) is 5.56 Å². The maximum Gasteiger partial charge on any atom is 0.416 e. The molecule has 1 N–H and O–H groups in total. The van der Waals surface area contributed by atoms with E-state index in [-0.39, 0.29) is 5.91 Å². The van der Waals surface area contributed by atoms with Gasteiger partial charge in [-0.05, 0) is 56.0 Å². The van der Waals surface area contributed by atoms with Crippen molar-refractivity contribution in [1.82, 2.24) is 9.88 Å². The molecule has 0 aliphatic heterocycles. The third kappa shape index (κ3) is 6.24. The minimum Gasteiger partial charge on any atom is -0.318 e. The van der Waals surface area contributed by atoms with E-state index in [1.807, 2.05) is 19.9 Å². The first-order valence-corrected chi connectivity index (χ1v) is 10.2. The highest BCUT2D eigenvalue weighted by atomic mass is 32.2. The van der Waals surface area contributed by atoms with Crippen LogP contribution in [0.25, 0.3) is 11.8 Å². The quantitative estimate of drug-likeness (QED) is 0.487. The molecule has 2 rings (SSSR count). The molecule has 28 heavy (non-hydrogen) atoms. The van der Waals surface area contributed by atoms with Gasteiger partial charge in [0, 0.05) is 23.2 Å². The van der Waals surface area contributed by atoms with E-state index in [0.29, 0.717) is 10.0 Å². The van der Waals surface area contributed by atoms with Crippen molar-refractivity contribution in [3.05, 3.63) is 58.9 Å². The molecule has 0 fully saturated rings. The molecule has 2 aromatic rings. The number of hydrogen-bond acceptors (Lipinski definition) is 3. The van der Waals surface area contributed by atoms with Gasteiger partial charge in [-0.25, -0.2) is 0 Å². The standard InChI is InChI=1S/C18H17F3N2OS2.C2H6/c1-11-9-13(7-8-16(24)22-17(25)26-3)12(2)23(11)15-6-4-5-14(10-15)18(19,20)21;1-2/h4-10H,1-3H3,(H,22,24,25);1-2H3/b8-7+;. The van der Waals surface area contributed by atoms with Crippen LogP contribution in [0.3, 0.4) is 0 Å². The molecule has 1 aromatic carbocycles. The van der Waals surface area contributed by atoms with Gasteiger partial charge in [-0.15, -0.1) is 11.8 Å². The highest BCUT2D eigenvalue weighted by Crippen LogP contribution is 2.31. The SMILES string of the molecule is CC.CSC(=S)NC(=O)/C=C/c1cc(C)n(-c2cccc(C(F)(F)F)c2)c1C. The number of nitrogens with one attached hydrogen (secondary N) is 1. The first-order valence-electron chi connectivity index (χ1n) is 8.57. The zero-order chi connectivity index (χ0) is 21.5. The predicted molar refractivity (Wildman–Crippen MR) is 115 cm³/mol. The number of benzene rings is 1. The molecule has 0 radical (unpaired) electrons. The molecular formula is C20H23F3N2OS2. The zero-order valence-corrected chi connectivity index (χ0v) is 18.0. The molecule has 152 valence electrons. The van der Waals surface area contributed by atoms with Crippen molar-refractivity contribution < 1.29 is 18.0 Å². The minimum absolute atomic E-state index is 0.353. The Morgan fingerprint density at radius 1 is 1.21 bits per heavy atom. The van der Waals surface area contributed by atoms with Gasteiger partial charge in [0.2, 0.25) is 5.91 Å². The van der Waals surface area contributed by atoms with E-state index >= 15 is 0 Å². The Labute approximate surface area is 173 Å². The van der Waals surface area contributed by atoms with Crippen molar-refractivity contribution in [2.75, 3.05) is 6.26 Å². The fourth-order valence-electron chi connectivity index (χ4n) is 2.53. The number of thiocarbonyl (C=S) groups is 1. The number of carbonyl (C=O) groups excluding carboxylic acids is 1. The third-order valence-electron chi connectivity index (χ3n) is 3.73. The number of aromatic nitrogens is 1. The molecule has 1 heterocycles. The van der Waals surface area contributed by atoms with E-state index in [1.165, 1.54) is 23.9 Å². The van der Waals surface area contributed by atoms with Crippen molar-refractivity contribution in [3.63, 3.8) is 0 Å². The van der Waals surface area contributed by atoms with Gasteiger partial charge < -0.3 is 9.88 Å². The first kappa shape index (κ1) is 24.0. The van der Waals surface area contributed by atoms with E-state index in [1.54, 1.807) is 36.8 Å². The van der Waals surface area contributed by atoms with Gasteiger partial charge >= 0.3 is 6.18 Å². The van der Waals surface area contributed by atoms with Gasteiger partial charge in [-0.3, -0.25) is 4.79 Å². The number of aryl methyl sites for hydroxylation is 1. The normalized spacial score (nSPS) is 11.1. The Morgan fingerprint density at radius 2 is 1.86 bits per heavy atom. The van der Waals surface area contributed by atoms with Gasteiger partial charge in [0.1, 0.15) is 4.32 Å². The summed E-state index contributed by atoms with van der Waals surface area (Å²) >= 11 is 6.17. The summed E-state index contributed by atoms with van der Waals surface area (Å²) in [5.41, 5.74) is 1.96. The Balaban J connectivity index is 0.00000190. The lowest BCUT2D eigenvalue weighted by molar-refractivity contribution is -0.137. The summed E-state index contributed by atoms with van der Waals surface area (Å²) in [6.07, 6.45) is 0.321. The van der Waals surface area contributed by atoms with Crippen molar-refractivity contribution >= 4 is 40.3 Å². The number of alkyl halides is 3. The van der Waals surface area contributed by atoms with Crippen LogP contribution in [0.4, 0.5) is 13.2 Å². The van der Waals surface area contributed by atoms with Crippen molar-refractivity contribution in [2.45, 2.75) is 33.9 Å².